The molecule has 3 aliphatic heterocycles. The number of carbonyl (C=O) groups is 2. The Bertz CT molecular complexity index is 1200. The molecular weight excluding hydrogens is 434 g/mol. The second-order valence-corrected chi connectivity index (χ2v) is 9.14. The summed E-state index contributed by atoms with van der Waals surface area (Å²) >= 11 is 6.13. The minimum atomic E-state index is -0.662. The second-order valence-electron chi connectivity index (χ2n) is 8.70. The highest BCUT2D eigenvalue weighted by atomic mass is 35.5. The van der Waals surface area contributed by atoms with Gasteiger partial charge in [0.2, 0.25) is 0 Å². The van der Waals surface area contributed by atoms with Gasteiger partial charge in [0.05, 0.1) is 0 Å². The van der Waals surface area contributed by atoms with E-state index in [9.17, 15) is 9.59 Å². The summed E-state index contributed by atoms with van der Waals surface area (Å²) in [5.74, 6) is 2.54. The first-order valence-corrected chi connectivity index (χ1v) is 10.8. The van der Waals surface area contributed by atoms with E-state index in [0.29, 0.717) is 29.5 Å². The number of carbonyl (C=O) groups excluding carboxylic acids is 2. The van der Waals surface area contributed by atoms with Crippen molar-refractivity contribution in [2.75, 3.05) is 32.1 Å². The summed E-state index contributed by atoms with van der Waals surface area (Å²) in [6, 6.07) is 6.86. The van der Waals surface area contributed by atoms with Gasteiger partial charge in [-0.2, -0.15) is 4.98 Å². The lowest BCUT2D eigenvalue weighted by atomic mass is 10.1. The summed E-state index contributed by atoms with van der Waals surface area (Å²) in [6.07, 6.45) is 1.55. The Morgan fingerprint density at radius 2 is 1.97 bits per heavy atom. The number of aliphatic imine (C=N–C) groups is 1. The van der Waals surface area contributed by atoms with E-state index in [4.69, 9.17) is 16.1 Å². The fourth-order valence-corrected chi connectivity index (χ4v) is 5.28. The molecule has 2 saturated heterocycles. The van der Waals surface area contributed by atoms with Crippen molar-refractivity contribution in [3.8, 4) is 0 Å². The average molecular weight is 455 g/mol. The van der Waals surface area contributed by atoms with Crippen molar-refractivity contribution >= 4 is 41.4 Å². The third kappa shape index (κ3) is 2.85. The molecule has 11 heteroatoms. The molecule has 3 fully saturated rings. The molecule has 1 aromatic carbocycles. The highest BCUT2D eigenvalue weighted by Gasteiger charge is 2.58. The van der Waals surface area contributed by atoms with Crippen molar-refractivity contribution in [1.29, 1.82) is 0 Å². The van der Waals surface area contributed by atoms with Crippen LogP contribution in [0.25, 0.3) is 0 Å². The van der Waals surface area contributed by atoms with Gasteiger partial charge in [-0.25, -0.2) is 9.37 Å². The lowest BCUT2D eigenvalue weighted by molar-refractivity contribution is -0.549. The lowest BCUT2D eigenvalue weighted by Crippen LogP contribution is -2.61. The minimum absolute atomic E-state index is 0.253. The number of hydrogen-bond donors (Lipinski definition) is 0. The highest BCUT2D eigenvalue weighted by Crippen LogP contribution is 2.58. The molecule has 3 amide bonds. The normalized spacial score (nSPS) is 28.7. The molecule has 1 saturated carbocycles. The lowest BCUT2D eigenvalue weighted by Gasteiger charge is -2.30. The monoisotopic (exact) mass is 454 g/mol. The van der Waals surface area contributed by atoms with Gasteiger partial charge in [-0.1, -0.05) is 22.8 Å². The third-order valence-electron chi connectivity index (χ3n) is 6.86. The standard InChI is InChI=1S/C21H21ClN7O3/c1-26-19-17(20(30)27(2)21(26)31)29(10-23-19)9-15-24-18(25-32-15)16-13-7-28(8-14(13)16)12-5-3-4-11(22)6-12/h3-6,10,13-14,16-17H,7-9H2,1-2H3/q+1/t13-,14+,16?,17?. The fourth-order valence-electron chi connectivity index (χ4n) is 5.09. The van der Waals surface area contributed by atoms with Crippen LogP contribution in [-0.4, -0.2) is 81.9 Å². The number of nitrogens with zero attached hydrogens (tertiary/aromatic N) is 7. The largest absolute Gasteiger partial charge is 0.371 e. The van der Waals surface area contributed by atoms with Crippen LogP contribution in [-0.2, 0) is 11.3 Å². The molecular formula is C21H21ClN7O3+. The van der Waals surface area contributed by atoms with Gasteiger partial charge < -0.3 is 9.42 Å². The number of fused-ring (bicyclic) bond motifs is 2. The van der Waals surface area contributed by atoms with Gasteiger partial charge >= 0.3 is 6.03 Å². The number of hydrogen-bond acceptors (Lipinski definition) is 7. The highest BCUT2D eigenvalue weighted by molar-refractivity contribution is 6.30. The van der Waals surface area contributed by atoms with Crippen molar-refractivity contribution in [3.05, 3.63) is 41.0 Å². The van der Waals surface area contributed by atoms with E-state index >= 15 is 0 Å². The molecule has 4 aliphatic rings. The number of halogens is 1. The van der Waals surface area contributed by atoms with Crippen molar-refractivity contribution in [2.45, 2.75) is 18.5 Å². The predicted molar refractivity (Wildman–Crippen MR) is 115 cm³/mol. The summed E-state index contributed by atoms with van der Waals surface area (Å²) in [4.78, 5) is 38.5. The maximum atomic E-state index is 12.6. The summed E-state index contributed by atoms with van der Waals surface area (Å²) in [6.45, 7) is 2.14. The van der Waals surface area contributed by atoms with E-state index in [2.05, 4.69) is 26.1 Å². The van der Waals surface area contributed by atoms with Crippen LogP contribution in [0.3, 0.4) is 0 Å². The molecule has 0 spiro atoms. The van der Waals surface area contributed by atoms with Gasteiger partial charge in [0.15, 0.2) is 12.4 Å². The third-order valence-corrected chi connectivity index (χ3v) is 7.10. The molecule has 0 N–H and O–H groups in total. The van der Waals surface area contributed by atoms with Crippen molar-refractivity contribution in [1.82, 2.24) is 19.9 Å². The van der Waals surface area contributed by atoms with E-state index in [1.807, 2.05) is 18.2 Å². The van der Waals surface area contributed by atoms with Crippen LogP contribution >= 0.6 is 11.6 Å². The zero-order chi connectivity index (χ0) is 22.1. The van der Waals surface area contributed by atoms with E-state index in [-0.39, 0.29) is 12.5 Å². The zero-order valence-corrected chi connectivity index (χ0v) is 18.3. The molecule has 2 aromatic rings. The van der Waals surface area contributed by atoms with Crippen LogP contribution < -0.4 is 4.90 Å². The number of imide groups is 1. The SMILES string of the molecule is CN1C(=O)C2C(=NC=[N+]2Cc2nc(C3[C@H]4CN(c5cccc(Cl)c5)C[C@@H]34)no2)N(C)C1=O. The van der Waals surface area contributed by atoms with E-state index in [1.165, 1.54) is 11.9 Å². The van der Waals surface area contributed by atoms with Gasteiger partial charge in [0.25, 0.3) is 30.0 Å². The number of piperidine rings is 1. The molecule has 4 heterocycles. The number of anilines is 1. The number of amidine groups is 1. The van der Waals surface area contributed by atoms with E-state index in [0.717, 1.165) is 34.5 Å². The number of benzene rings is 1. The van der Waals surface area contributed by atoms with Crippen LogP contribution in [0, 0.1) is 11.8 Å². The Hall–Kier alpha value is -3.27. The summed E-state index contributed by atoms with van der Waals surface area (Å²) in [7, 11) is 3.08. The van der Waals surface area contributed by atoms with Gasteiger partial charge in [-0.15, -0.1) is 0 Å². The molecule has 0 radical (unpaired) electrons. The minimum Gasteiger partial charge on any atom is -0.371 e. The number of rotatable bonds is 4. The maximum absolute atomic E-state index is 12.6. The zero-order valence-electron chi connectivity index (χ0n) is 17.6. The quantitative estimate of drug-likeness (QED) is 0.648. The molecule has 32 heavy (non-hydrogen) atoms. The van der Waals surface area contributed by atoms with Crippen molar-refractivity contribution in [3.63, 3.8) is 0 Å². The molecule has 6 rings (SSSR count). The first kappa shape index (κ1) is 19.4. The number of amides is 3. The molecule has 1 aliphatic carbocycles. The smallest absolute Gasteiger partial charge is 0.333 e. The molecule has 0 bridgehead atoms. The van der Waals surface area contributed by atoms with Gasteiger partial charge in [0.1, 0.15) is 0 Å². The van der Waals surface area contributed by atoms with Crippen molar-refractivity contribution in [2.24, 2.45) is 16.8 Å². The molecule has 164 valence electrons. The average Bonchev–Trinajstić information content (AvgIpc) is 3.23. The molecule has 10 nitrogen and oxygen atoms in total. The Morgan fingerprint density at radius 1 is 1.19 bits per heavy atom. The van der Waals surface area contributed by atoms with Crippen LogP contribution in [0.15, 0.2) is 33.8 Å². The number of urea groups is 1. The van der Waals surface area contributed by atoms with Crippen LogP contribution in [0.2, 0.25) is 5.02 Å². The van der Waals surface area contributed by atoms with Gasteiger partial charge in [0, 0.05) is 43.8 Å². The Labute approximate surface area is 188 Å². The predicted octanol–water partition coefficient (Wildman–Crippen LogP) is 1.42. The van der Waals surface area contributed by atoms with Gasteiger partial charge in [-0.05, 0) is 35.0 Å². The first-order chi connectivity index (χ1) is 15.4. The number of aromatic nitrogens is 2. The Morgan fingerprint density at radius 3 is 2.72 bits per heavy atom. The second kappa shape index (κ2) is 6.86. The van der Waals surface area contributed by atoms with Crippen molar-refractivity contribution < 1.29 is 18.7 Å². The summed E-state index contributed by atoms with van der Waals surface area (Å²) < 4.78 is 7.23. The number of likely N-dealkylation sites (N-methyl/N-ethyl adjacent to an activating group) is 2. The van der Waals surface area contributed by atoms with E-state index in [1.54, 1.807) is 18.0 Å². The molecule has 2 unspecified atom stereocenters. The summed E-state index contributed by atoms with van der Waals surface area (Å²) in [5.41, 5.74) is 1.14. The fraction of sp³-hybridized carbons (Fsp3) is 0.429. The molecule has 4 atom stereocenters. The Kier molecular flexibility index (Phi) is 4.16. The van der Waals surface area contributed by atoms with Gasteiger partial charge in [-0.3, -0.25) is 14.6 Å². The Balaban J connectivity index is 1.12. The van der Waals surface area contributed by atoms with Crippen LogP contribution in [0.5, 0.6) is 0 Å². The van der Waals surface area contributed by atoms with E-state index < -0.39 is 12.1 Å². The maximum Gasteiger partial charge on any atom is 0.333 e. The van der Waals surface area contributed by atoms with Crippen LogP contribution in [0.1, 0.15) is 17.6 Å². The van der Waals surface area contributed by atoms with Crippen LogP contribution in [0.4, 0.5) is 10.5 Å². The molecule has 1 aromatic heterocycles. The summed E-state index contributed by atoms with van der Waals surface area (Å²) in [5, 5.41) is 4.96. The topological polar surface area (TPSA) is 98.2 Å². The first-order valence-electron chi connectivity index (χ1n) is 10.5.